The van der Waals surface area contributed by atoms with Gasteiger partial charge in [0.15, 0.2) is 5.78 Å². The summed E-state index contributed by atoms with van der Waals surface area (Å²) in [6.45, 7) is 2.99. The topological polar surface area (TPSA) is 49.4 Å². The maximum absolute atomic E-state index is 11.9. The van der Waals surface area contributed by atoms with E-state index in [4.69, 9.17) is 0 Å². The number of nitrogens with zero attached hydrogens (tertiary/aromatic N) is 1. The van der Waals surface area contributed by atoms with Gasteiger partial charge >= 0.3 is 0 Å². The number of halogens is 1. The van der Waals surface area contributed by atoms with Crippen LogP contribution in [0.3, 0.4) is 0 Å². The van der Waals surface area contributed by atoms with Gasteiger partial charge in [-0.05, 0) is 30.3 Å². The number of nitrogens with one attached hydrogen (secondary N) is 1. The molecule has 0 aliphatic carbocycles. The van der Waals surface area contributed by atoms with Crippen molar-refractivity contribution in [2.75, 3.05) is 26.2 Å². The summed E-state index contributed by atoms with van der Waals surface area (Å²) in [6.07, 6.45) is 2.70. The smallest absolute Gasteiger partial charge is 0.246 e. The maximum Gasteiger partial charge on any atom is 0.246 e. The van der Waals surface area contributed by atoms with E-state index in [-0.39, 0.29) is 11.7 Å². The van der Waals surface area contributed by atoms with Crippen molar-refractivity contribution in [3.8, 4) is 0 Å². The number of rotatable bonds is 3. The van der Waals surface area contributed by atoms with Crippen LogP contribution in [0.5, 0.6) is 0 Å². The fourth-order valence-electron chi connectivity index (χ4n) is 1.85. The van der Waals surface area contributed by atoms with Crippen LogP contribution in [0, 0.1) is 0 Å². The minimum atomic E-state index is -0.156. The van der Waals surface area contributed by atoms with Gasteiger partial charge in [-0.25, -0.2) is 0 Å². The van der Waals surface area contributed by atoms with Crippen LogP contribution in [0.25, 0.3) is 0 Å². The Morgan fingerprint density at radius 1 is 1.11 bits per heavy atom. The first kappa shape index (κ1) is 14.0. The predicted octanol–water partition coefficient (Wildman–Crippen LogP) is 1.62. The molecule has 100 valence electrons. The van der Waals surface area contributed by atoms with Crippen LogP contribution in [0.4, 0.5) is 0 Å². The van der Waals surface area contributed by atoms with Crippen molar-refractivity contribution < 1.29 is 9.59 Å². The highest BCUT2D eigenvalue weighted by Crippen LogP contribution is 2.11. The summed E-state index contributed by atoms with van der Waals surface area (Å²) in [6, 6.07) is 7.07. The second kappa shape index (κ2) is 6.63. The van der Waals surface area contributed by atoms with Crippen LogP contribution in [0.15, 0.2) is 40.9 Å². The molecule has 2 rings (SSSR count). The average Bonchev–Trinajstić information content (AvgIpc) is 2.46. The van der Waals surface area contributed by atoms with Gasteiger partial charge in [0.1, 0.15) is 0 Å². The summed E-state index contributed by atoms with van der Waals surface area (Å²) >= 11 is 3.31. The Kier molecular flexibility index (Phi) is 4.87. The van der Waals surface area contributed by atoms with Gasteiger partial charge in [0.05, 0.1) is 0 Å². The van der Waals surface area contributed by atoms with Gasteiger partial charge in [0, 0.05) is 42.3 Å². The predicted molar refractivity (Wildman–Crippen MR) is 77.1 cm³/mol. The number of allylic oxidation sites excluding steroid dienone is 1. The summed E-state index contributed by atoms with van der Waals surface area (Å²) in [5, 5.41) is 3.18. The largest absolute Gasteiger partial charge is 0.337 e. The number of hydrogen-bond donors (Lipinski definition) is 1. The number of piperazine rings is 1. The quantitative estimate of drug-likeness (QED) is 0.679. The first-order valence-electron chi connectivity index (χ1n) is 6.14. The zero-order chi connectivity index (χ0) is 13.7. The van der Waals surface area contributed by atoms with Gasteiger partial charge < -0.3 is 10.2 Å². The lowest BCUT2D eigenvalue weighted by atomic mass is 10.1. The molecule has 0 saturated carbocycles. The van der Waals surface area contributed by atoms with E-state index in [9.17, 15) is 9.59 Å². The Labute approximate surface area is 120 Å². The summed E-state index contributed by atoms with van der Waals surface area (Å²) in [4.78, 5) is 25.4. The summed E-state index contributed by atoms with van der Waals surface area (Å²) < 4.78 is 0.921. The van der Waals surface area contributed by atoms with Crippen molar-refractivity contribution in [1.29, 1.82) is 0 Å². The molecular weight excluding hydrogens is 308 g/mol. The minimum absolute atomic E-state index is 0.105. The molecule has 1 amide bonds. The monoisotopic (exact) mass is 322 g/mol. The lowest BCUT2D eigenvalue weighted by Gasteiger charge is -2.26. The summed E-state index contributed by atoms with van der Waals surface area (Å²) in [5.41, 5.74) is 0.576. The fraction of sp³-hybridized carbons (Fsp3) is 0.286. The van der Waals surface area contributed by atoms with E-state index in [1.807, 2.05) is 0 Å². The number of hydrogen-bond acceptors (Lipinski definition) is 3. The molecule has 1 aromatic rings. The second-order valence-corrected chi connectivity index (χ2v) is 5.20. The zero-order valence-electron chi connectivity index (χ0n) is 10.4. The average molecular weight is 323 g/mol. The van der Waals surface area contributed by atoms with E-state index in [0.717, 1.165) is 17.6 Å². The Morgan fingerprint density at radius 2 is 1.74 bits per heavy atom. The number of amides is 1. The normalized spacial score (nSPS) is 15.7. The van der Waals surface area contributed by atoms with Crippen molar-refractivity contribution in [2.45, 2.75) is 0 Å². The molecule has 5 heteroatoms. The van der Waals surface area contributed by atoms with Crippen LogP contribution in [-0.4, -0.2) is 42.8 Å². The highest BCUT2D eigenvalue weighted by Gasteiger charge is 2.13. The molecule has 1 aliphatic heterocycles. The molecule has 0 radical (unpaired) electrons. The number of carbonyl (C=O) groups excluding carboxylic acids is 2. The fourth-order valence-corrected chi connectivity index (χ4v) is 2.11. The van der Waals surface area contributed by atoms with Gasteiger partial charge in [0.25, 0.3) is 0 Å². The van der Waals surface area contributed by atoms with Crippen molar-refractivity contribution in [3.05, 3.63) is 46.5 Å². The van der Waals surface area contributed by atoms with E-state index in [0.29, 0.717) is 18.7 Å². The third-order valence-electron chi connectivity index (χ3n) is 2.93. The van der Waals surface area contributed by atoms with E-state index in [2.05, 4.69) is 21.2 Å². The molecular formula is C14H15BrN2O2. The first-order chi connectivity index (χ1) is 9.16. The van der Waals surface area contributed by atoms with Crippen molar-refractivity contribution >= 4 is 27.6 Å². The van der Waals surface area contributed by atoms with Crippen molar-refractivity contribution in [1.82, 2.24) is 10.2 Å². The van der Waals surface area contributed by atoms with Gasteiger partial charge in [-0.2, -0.15) is 0 Å². The van der Waals surface area contributed by atoms with Crippen LogP contribution < -0.4 is 5.32 Å². The Morgan fingerprint density at radius 3 is 2.37 bits per heavy atom. The molecule has 1 fully saturated rings. The third kappa shape index (κ3) is 4.01. The Hall–Kier alpha value is -1.46. The number of carbonyl (C=O) groups is 2. The molecule has 4 nitrogen and oxygen atoms in total. The Bertz CT molecular complexity index is 491. The molecule has 0 unspecified atom stereocenters. The van der Waals surface area contributed by atoms with Crippen LogP contribution >= 0.6 is 15.9 Å². The minimum Gasteiger partial charge on any atom is -0.337 e. The Balaban J connectivity index is 1.95. The van der Waals surface area contributed by atoms with E-state index < -0.39 is 0 Å². The van der Waals surface area contributed by atoms with E-state index in [1.165, 1.54) is 12.2 Å². The molecule has 0 atom stereocenters. The number of ketones is 1. The maximum atomic E-state index is 11.9. The highest BCUT2D eigenvalue weighted by atomic mass is 79.9. The highest BCUT2D eigenvalue weighted by molar-refractivity contribution is 9.10. The molecule has 1 aliphatic rings. The first-order valence-corrected chi connectivity index (χ1v) is 6.94. The lowest BCUT2D eigenvalue weighted by Crippen LogP contribution is -2.45. The van der Waals surface area contributed by atoms with Gasteiger partial charge in [0.2, 0.25) is 5.91 Å². The number of benzene rings is 1. The van der Waals surface area contributed by atoms with E-state index >= 15 is 0 Å². The third-order valence-corrected chi connectivity index (χ3v) is 3.46. The van der Waals surface area contributed by atoms with Gasteiger partial charge in [-0.1, -0.05) is 15.9 Å². The van der Waals surface area contributed by atoms with E-state index in [1.54, 1.807) is 29.2 Å². The molecule has 0 spiro atoms. The lowest BCUT2D eigenvalue weighted by molar-refractivity contribution is -0.126. The summed E-state index contributed by atoms with van der Waals surface area (Å²) in [5.74, 6) is -0.261. The van der Waals surface area contributed by atoms with Crippen LogP contribution in [0.2, 0.25) is 0 Å². The molecule has 1 saturated heterocycles. The standard InChI is InChI=1S/C14H15BrN2O2/c15-12-3-1-11(2-4-12)13(18)5-6-14(19)17-9-7-16-8-10-17/h1-6,16H,7-10H2/b6-5+. The van der Waals surface area contributed by atoms with Gasteiger partial charge in [-0.15, -0.1) is 0 Å². The zero-order valence-corrected chi connectivity index (χ0v) is 12.0. The second-order valence-electron chi connectivity index (χ2n) is 4.28. The molecule has 1 aromatic carbocycles. The van der Waals surface area contributed by atoms with Crippen molar-refractivity contribution in [2.24, 2.45) is 0 Å². The molecule has 1 N–H and O–H groups in total. The molecule has 1 heterocycles. The van der Waals surface area contributed by atoms with Crippen molar-refractivity contribution in [3.63, 3.8) is 0 Å². The molecule has 19 heavy (non-hydrogen) atoms. The SMILES string of the molecule is O=C(/C=C/C(=O)N1CCNCC1)c1ccc(Br)cc1. The molecule has 0 aromatic heterocycles. The molecule has 0 bridgehead atoms. The van der Waals surface area contributed by atoms with Crippen LogP contribution in [-0.2, 0) is 4.79 Å². The summed E-state index contributed by atoms with van der Waals surface area (Å²) in [7, 11) is 0. The van der Waals surface area contributed by atoms with Crippen LogP contribution in [0.1, 0.15) is 10.4 Å². The van der Waals surface area contributed by atoms with Gasteiger partial charge in [-0.3, -0.25) is 9.59 Å².